The van der Waals surface area contributed by atoms with Crippen molar-refractivity contribution in [1.29, 1.82) is 0 Å². The van der Waals surface area contributed by atoms with E-state index in [0.29, 0.717) is 0 Å². The van der Waals surface area contributed by atoms with Gasteiger partial charge in [-0.1, -0.05) is 36.4 Å². The maximum Gasteiger partial charge on any atom is 0.326 e. The molecule has 6 nitrogen and oxygen atoms in total. The van der Waals surface area contributed by atoms with Gasteiger partial charge in [0.05, 0.1) is 0 Å². The standard InChI is InChI=1S/C22H25FN2O4/c1-13-7-6-8-14(2)17(13)12-20(22(28)29)25-21(27)19(24-15(3)26)11-16-9-4-5-10-18(16)23/h4-10,19-20H,11-12H2,1-3H3,(H,24,26)(H,25,27)(H,28,29)/t19-,20-/m0/s1. The van der Waals surface area contributed by atoms with Crippen LogP contribution in [0.25, 0.3) is 0 Å². The van der Waals surface area contributed by atoms with E-state index in [0.717, 1.165) is 16.7 Å². The number of amides is 2. The van der Waals surface area contributed by atoms with E-state index in [-0.39, 0.29) is 18.4 Å². The molecule has 0 fully saturated rings. The highest BCUT2D eigenvalue weighted by atomic mass is 19.1. The van der Waals surface area contributed by atoms with Crippen molar-refractivity contribution in [2.45, 2.75) is 45.7 Å². The molecule has 0 aliphatic rings. The van der Waals surface area contributed by atoms with Crippen molar-refractivity contribution < 1.29 is 23.9 Å². The fourth-order valence-electron chi connectivity index (χ4n) is 3.19. The van der Waals surface area contributed by atoms with Crippen LogP contribution >= 0.6 is 0 Å². The molecular formula is C22H25FN2O4. The summed E-state index contributed by atoms with van der Waals surface area (Å²) in [5.41, 5.74) is 2.94. The Hall–Kier alpha value is -3.22. The molecule has 0 saturated carbocycles. The number of carboxylic acids is 1. The number of benzene rings is 2. The minimum Gasteiger partial charge on any atom is -0.480 e. The van der Waals surface area contributed by atoms with E-state index in [2.05, 4.69) is 10.6 Å². The lowest BCUT2D eigenvalue weighted by atomic mass is 9.96. The van der Waals surface area contributed by atoms with Crippen molar-refractivity contribution >= 4 is 17.8 Å². The number of aryl methyl sites for hydroxylation is 2. The smallest absolute Gasteiger partial charge is 0.326 e. The third-order valence-corrected chi connectivity index (χ3v) is 4.74. The number of rotatable bonds is 8. The quantitative estimate of drug-likeness (QED) is 0.634. The molecule has 0 unspecified atom stereocenters. The summed E-state index contributed by atoms with van der Waals surface area (Å²) in [5, 5.41) is 14.6. The summed E-state index contributed by atoms with van der Waals surface area (Å²) in [5.74, 6) is -2.83. The van der Waals surface area contributed by atoms with E-state index in [1.165, 1.54) is 25.1 Å². The summed E-state index contributed by atoms with van der Waals surface area (Å²) in [6.45, 7) is 5.00. The van der Waals surface area contributed by atoms with Gasteiger partial charge in [0, 0.05) is 19.8 Å². The lowest BCUT2D eigenvalue weighted by Gasteiger charge is -2.22. The lowest BCUT2D eigenvalue weighted by molar-refractivity contribution is -0.142. The van der Waals surface area contributed by atoms with Gasteiger partial charge >= 0.3 is 5.97 Å². The predicted molar refractivity (Wildman–Crippen MR) is 107 cm³/mol. The molecule has 0 aliphatic heterocycles. The maximum absolute atomic E-state index is 14.0. The van der Waals surface area contributed by atoms with E-state index >= 15 is 0 Å². The van der Waals surface area contributed by atoms with E-state index < -0.39 is 35.7 Å². The number of hydrogen-bond acceptors (Lipinski definition) is 3. The van der Waals surface area contributed by atoms with Crippen molar-refractivity contribution in [3.05, 3.63) is 70.5 Å². The molecule has 2 aromatic rings. The van der Waals surface area contributed by atoms with Crippen molar-refractivity contribution in [2.24, 2.45) is 0 Å². The monoisotopic (exact) mass is 400 g/mol. The van der Waals surface area contributed by atoms with Crippen molar-refractivity contribution in [3.63, 3.8) is 0 Å². The van der Waals surface area contributed by atoms with E-state index in [1.807, 2.05) is 32.0 Å². The number of carbonyl (C=O) groups is 3. The minimum atomic E-state index is -1.19. The Morgan fingerprint density at radius 1 is 0.931 bits per heavy atom. The minimum absolute atomic E-state index is 0.0895. The van der Waals surface area contributed by atoms with Crippen LogP contribution in [-0.2, 0) is 27.2 Å². The Morgan fingerprint density at radius 3 is 2.10 bits per heavy atom. The van der Waals surface area contributed by atoms with Gasteiger partial charge < -0.3 is 15.7 Å². The number of halogens is 1. The number of hydrogen-bond donors (Lipinski definition) is 3. The second kappa shape index (κ2) is 9.82. The molecule has 2 aromatic carbocycles. The highest BCUT2D eigenvalue weighted by Gasteiger charge is 2.27. The Kier molecular flexibility index (Phi) is 7.47. The van der Waals surface area contributed by atoms with Crippen LogP contribution in [-0.4, -0.2) is 35.0 Å². The van der Waals surface area contributed by atoms with Crippen LogP contribution in [0, 0.1) is 19.7 Å². The van der Waals surface area contributed by atoms with Gasteiger partial charge in [0.1, 0.15) is 17.9 Å². The van der Waals surface area contributed by atoms with Gasteiger partial charge in [-0.15, -0.1) is 0 Å². The summed E-state index contributed by atoms with van der Waals surface area (Å²) >= 11 is 0. The molecule has 0 spiro atoms. The van der Waals surface area contributed by atoms with Crippen molar-refractivity contribution in [3.8, 4) is 0 Å². The maximum atomic E-state index is 14.0. The fourth-order valence-corrected chi connectivity index (χ4v) is 3.19. The summed E-state index contributed by atoms with van der Waals surface area (Å²) in [6, 6.07) is 9.29. The average Bonchev–Trinajstić information content (AvgIpc) is 2.64. The van der Waals surface area contributed by atoms with Crippen molar-refractivity contribution in [1.82, 2.24) is 10.6 Å². The molecule has 0 bridgehead atoms. The second-order valence-electron chi connectivity index (χ2n) is 7.02. The number of carboxylic acid groups (broad SMARTS) is 1. The first kappa shape index (κ1) is 22.1. The molecule has 0 aliphatic carbocycles. The summed E-state index contributed by atoms with van der Waals surface area (Å²) < 4.78 is 14.0. The second-order valence-corrected chi connectivity index (χ2v) is 7.02. The zero-order valence-electron chi connectivity index (χ0n) is 16.7. The van der Waals surface area contributed by atoms with E-state index in [4.69, 9.17) is 0 Å². The van der Waals surface area contributed by atoms with Gasteiger partial charge in [-0.2, -0.15) is 0 Å². The van der Waals surface area contributed by atoms with Crippen LogP contribution < -0.4 is 10.6 Å². The molecule has 2 atom stereocenters. The van der Waals surface area contributed by atoms with Gasteiger partial charge in [-0.3, -0.25) is 9.59 Å². The van der Waals surface area contributed by atoms with Crippen LogP contribution in [0.1, 0.15) is 29.2 Å². The molecule has 0 radical (unpaired) electrons. The zero-order chi connectivity index (χ0) is 21.6. The first-order chi connectivity index (χ1) is 13.7. The average molecular weight is 400 g/mol. The Morgan fingerprint density at radius 2 is 1.55 bits per heavy atom. The molecule has 2 rings (SSSR count). The van der Waals surface area contributed by atoms with Crippen LogP contribution in [0.2, 0.25) is 0 Å². The molecule has 0 saturated heterocycles. The first-order valence-corrected chi connectivity index (χ1v) is 9.27. The largest absolute Gasteiger partial charge is 0.480 e. The summed E-state index contributed by atoms with van der Waals surface area (Å²) in [4.78, 5) is 36.0. The molecular weight excluding hydrogens is 375 g/mol. The zero-order valence-corrected chi connectivity index (χ0v) is 16.7. The first-order valence-electron chi connectivity index (χ1n) is 9.27. The molecule has 3 N–H and O–H groups in total. The van der Waals surface area contributed by atoms with Gasteiger partial charge in [0.2, 0.25) is 11.8 Å². The molecule has 0 heterocycles. The van der Waals surface area contributed by atoms with Gasteiger partial charge in [0.15, 0.2) is 0 Å². The Bertz CT molecular complexity index is 893. The Labute approximate surface area is 169 Å². The SMILES string of the molecule is CC(=O)N[C@@H](Cc1ccccc1F)C(=O)N[C@@H](Cc1c(C)cccc1C)C(=O)O. The van der Waals surface area contributed by atoms with E-state index in [9.17, 15) is 23.9 Å². The topological polar surface area (TPSA) is 95.5 Å². The number of carbonyl (C=O) groups excluding carboxylic acids is 2. The predicted octanol–water partition coefficient (Wildman–Crippen LogP) is 2.30. The lowest BCUT2D eigenvalue weighted by Crippen LogP contribution is -2.52. The third-order valence-electron chi connectivity index (χ3n) is 4.74. The summed E-state index contributed by atoms with van der Waals surface area (Å²) in [6.07, 6.45) is 0.0138. The fraction of sp³-hybridized carbons (Fsp3) is 0.318. The van der Waals surface area contributed by atoms with Crippen LogP contribution in [0.15, 0.2) is 42.5 Å². The highest BCUT2D eigenvalue weighted by Crippen LogP contribution is 2.16. The Balaban J connectivity index is 2.21. The van der Waals surface area contributed by atoms with Crippen molar-refractivity contribution in [2.75, 3.05) is 0 Å². The highest BCUT2D eigenvalue weighted by molar-refractivity contribution is 5.90. The normalized spacial score (nSPS) is 12.7. The van der Waals surface area contributed by atoms with Gasteiger partial charge in [0.25, 0.3) is 0 Å². The van der Waals surface area contributed by atoms with E-state index in [1.54, 1.807) is 6.07 Å². The third kappa shape index (κ3) is 6.14. The van der Waals surface area contributed by atoms with Gasteiger partial charge in [-0.05, 0) is 42.2 Å². The molecule has 0 aromatic heterocycles. The molecule has 2 amide bonds. The number of aliphatic carboxylic acids is 1. The van der Waals surface area contributed by atoms with Crippen LogP contribution in [0.3, 0.4) is 0 Å². The summed E-state index contributed by atoms with van der Waals surface area (Å²) in [7, 11) is 0. The van der Waals surface area contributed by atoms with Crippen LogP contribution in [0.4, 0.5) is 4.39 Å². The number of nitrogens with one attached hydrogen (secondary N) is 2. The molecule has 154 valence electrons. The van der Waals surface area contributed by atoms with Gasteiger partial charge in [-0.25, -0.2) is 9.18 Å². The molecule has 7 heteroatoms. The van der Waals surface area contributed by atoms with Crippen LogP contribution in [0.5, 0.6) is 0 Å². The molecule has 29 heavy (non-hydrogen) atoms.